The summed E-state index contributed by atoms with van der Waals surface area (Å²) in [7, 11) is 0. The van der Waals surface area contributed by atoms with Gasteiger partial charge in [-0.2, -0.15) is 8.78 Å². The summed E-state index contributed by atoms with van der Waals surface area (Å²) >= 11 is 12.1. The number of alkyl halides is 2. The van der Waals surface area contributed by atoms with Gasteiger partial charge in [0.05, 0.1) is 10.0 Å². The van der Waals surface area contributed by atoms with Gasteiger partial charge in [0.1, 0.15) is 22.8 Å². The first-order valence-electron chi connectivity index (χ1n) is 7.63. The number of hydrogen-bond acceptors (Lipinski definition) is 4. The van der Waals surface area contributed by atoms with Gasteiger partial charge in [0.2, 0.25) is 0 Å². The van der Waals surface area contributed by atoms with Crippen molar-refractivity contribution in [1.82, 2.24) is 5.16 Å². The van der Waals surface area contributed by atoms with Crippen LogP contribution in [-0.4, -0.2) is 17.7 Å². The number of nitrogens with zero attached hydrogens (tertiary/aromatic N) is 1. The number of benzene rings is 2. The van der Waals surface area contributed by atoms with E-state index >= 15 is 0 Å². The van der Waals surface area contributed by atoms with Crippen molar-refractivity contribution in [2.24, 2.45) is 0 Å². The van der Waals surface area contributed by atoms with Crippen LogP contribution in [0.1, 0.15) is 16.1 Å². The Labute approximate surface area is 162 Å². The van der Waals surface area contributed by atoms with Gasteiger partial charge in [0, 0.05) is 11.3 Å². The van der Waals surface area contributed by atoms with Gasteiger partial charge >= 0.3 is 6.61 Å². The van der Waals surface area contributed by atoms with Gasteiger partial charge in [0.15, 0.2) is 0 Å². The van der Waals surface area contributed by atoms with E-state index in [0.29, 0.717) is 22.0 Å². The van der Waals surface area contributed by atoms with E-state index in [4.69, 9.17) is 27.7 Å². The molecule has 0 saturated heterocycles. The molecule has 1 N–H and O–H groups in total. The molecule has 3 aromatic rings. The van der Waals surface area contributed by atoms with Crippen molar-refractivity contribution in [1.29, 1.82) is 0 Å². The lowest BCUT2D eigenvalue weighted by molar-refractivity contribution is -0.0497. The number of rotatable bonds is 5. The van der Waals surface area contributed by atoms with E-state index in [2.05, 4.69) is 15.2 Å². The molecule has 1 amide bonds. The summed E-state index contributed by atoms with van der Waals surface area (Å²) in [5, 5.41) is 6.90. The fraction of sp³-hybridized carbons (Fsp3) is 0.111. The van der Waals surface area contributed by atoms with Gasteiger partial charge < -0.3 is 14.6 Å². The Bertz CT molecular complexity index is 992. The average molecular weight is 413 g/mol. The molecule has 0 radical (unpaired) electrons. The second-order valence-corrected chi connectivity index (χ2v) is 6.23. The quantitative estimate of drug-likeness (QED) is 0.573. The number of carbonyl (C=O) groups is 1. The molecule has 0 fully saturated rings. The Hall–Kier alpha value is -2.64. The minimum Gasteiger partial charge on any atom is -0.433 e. The van der Waals surface area contributed by atoms with Crippen molar-refractivity contribution >= 4 is 34.8 Å². The number of anilines is 1. The molecule has 0 aliphatic carbocycles. The lowest BCUT2D eigenvalue weighted by Gasteiger charge is -2.10. The minimum absolute atomic E-state index is 0.0681. The summed E-state index contributed by atoms with van der Waals surface area (Å²) in [5.41, 5.74) is 1.32. The molecule has 0 aliphatic rings. The van der Waals surface area contributed by atoms with Crippen LogP contribution in [0.25, 0.3) is 11.3 Å². The van der Waals surface area contributed by atoms with Gasteiger partial charge in [-0.25, -0.2) is 0 Å². The zero-order valence-corrected chi connectivity index (χ0v) is 15.3. The molecule has 9 heteroatoms. The van der Waals surface area contributed by atoms with Gasteiger partial charge in [0.25, 0.3) is 5.91 Å². The third kappa shape index (κ3) is 4.20. The molecule has 1 aromatic heterocycles. The number of hydrogen-bond donors (Lipinski definition) is 1. The van der Waals surface area contributed by atoms with E-state index in [9.17, 15) is 13.6 Å². The van der Waals surface area contributed by atoms with Gasteiger partial charge in [-0.3, -0.25) is 4.79 Å². The largest absolute Gasteiger partial charge is 0.433 e. The zero-order chi connectivity index (χ0) is 19.6. The van der Waals surface area contributed by atoms with Crippen LogP contribution in [0.3, 0.4) is 0 Å². The number of nitrogens with one attached hydrogen (secondary N) is 1. The van der Waals surface area contributed by atoms with Crippen molar-refractivity contribution in [2.75, 3.05) is 5.32 Å². The third-order valence-corrected chi connectivity index (χ3v) is 4.25. The lowest BCUT2D eigenvalue weighted by atomic mass is 10.1. The van der Waals surface area contributed by atoms with Crippen molar-refractivity contribution < 1.29 is 22.8 Å². The van der Waals surface area contributed by atoms with Gasteiger partial charge in [-0.15, -0.1) is 0 Å². The Kier molecular flexibility index (Phi) is 5.62. The number of carbonyl (C=O) groups excluding carboxylic acids is 1. The Balaban J connectivity index is 1.89. The summed E-state index contributed by atoms with van der Waals surface area (Å²) in [6.45, 7) is -1.41. The molecule has 0 unspecified atom stereocenters. The fourth-order valence-electron chi connectivity index (χ4n) is 2.44. The van der Waals surface area contributed by atoms with Crippen LogP contribution < -0.4 is 10.1 Å². The highest BCUT2D eigenvalue weighted by Crippen LogP contribution is 2.32. The van der Waals surface area contributed by atoms with E-state index < -0.39 is 12.5 Å². The predicted molar refractivity (Wildman–Crippen MR) is 97.7 cm³/mol. The summed E-state index contributed by atoms with van der Waals surface area (Å²) in [5.74, 6) is -0.406. The zero-order valence-electron chi connectivity index (χ0n) is 13.8. The molecule has 3 rings (SSSR count). The average Bonchev–Trinajstić information content (AvgIpc) is 2.99. The summed E-state index contributed by atoms with van der Waals surface area (Å²) in [6.07, 6.45) is 0. The van der Waals surface area contributed by atoms with Crippen LogP contribution >= 0.6 is 23.2 Å². The number of halogens is 4. The molecule has 0 saturated carbocycles. The highest BCUT2D eigenvalue weighted by atomic mass is 35.5. The maximum Gasteiger partial charge on any atom is 0.387 e. The second-order valence-electron chi connectivity index (χ2n) is 5.42. The standard InChI is InChI=1S/C18H12Cl2F2N2O3/c1-9-15(16(24-27-9)11-4-2-3-5-12(11)19)17(25)23-10-6-7-14(13(20)8-10)26-18(21)22/h2-8,18H,1H3,(H,23,25). The van der Waals surface area contributed by atoms with Crippen LogP contribution in [0, 0.1) is 6.92 Å². The third-order valence-electron chi connectivity index (χ3n) is 3.62. The molecule has 2 aromatic carbocycles. The van der Waals surface area contributed by atoms with Crippen LogP contribution in [0.5, 0.6) is 5.75 Å². The molecule has 1 heterocycles. The monoisotopic (exact) mass is 412 g/mol. The highest BCUT2D eigenvalue weighted by Gasteiger charge is 2.23. The molecular weight excluding hydrogens is 401 g/mol. The second kappa shape index (κ2) is 7.94. The molecular formula is C18H12Cl2F2N2O3. The molecule has 140 valence electrons. The van der Waals surface area contributed by atoms with Crippen LogP contribution in [0.4, 0.5) is 14.5 Å². The molecule has 0 aliphatic heterocycles. The van der Waals surface area contributed by atoms with E-state index in [1.807, 2.05) is 0 Å². The molecule has 0 bridgehead atoms. The van der Waals surface area contributed by atoms with E-state index in [0.717, 1.165) is 0 Å². The van der Waals surface area contributed by atoms with Gasteiger partial charge in [-0.1, -0.05) is 46.6 Å². The van der Waals surface area contributed by atoms with Gasteiger partial charge in [-0.05, 0) is 31.2 Å². The maximum atomic E-state index is 12.7. The van der Waals surface area contributed by atoms with Crippen LogP contribution in [-0.2, 0) is 0 Å². The Morgan fingerprint density at radius 2 is 1.93 bits per heavy atom. The van der Waals surface area contributed by atoms with Crippen LogP contribution in [0.15, 0.2) is 47.0 Å². The first-order chi connectivity index (χ1) is 12.9. The number of amides is 1. The van der Waals surface area contributed by atoms with E-state index in [-0.39, 0.29) is 22.0 Å². The van der Waals surface area contributed by atoms with E-state index in [1.54, 1.807) is 31.2 Å². The number of aryl methyl sites for hydroxylation is 1. The smallest absolute Gasteiger partial charge is 0.387 e. The Morgan fingerprint density at radius 1 is 1.19 bits per heavy atom. The predicted octanol–water partition coefficient (Wildman–Crippen LogP) is 5.81. The lowest BCUT2D eigenvalue weighted by Crippen LogP contribution is -2.13. The number of aromatic nitrogens is 1. The fourth-order valence-corrected chi connectivity index (χ4v) is 2.89. The summed E-state index contributed by atoms with van der Waals surface area (Å²) < 4.78 is 34.0. The SMILES string of the molecule is Cc1onc(-c2ccccc2Cl)c1C(=O)Nc1ccc(OC(F)F)c(Cl)c1. The molecule has 5 nitrogen and oxygen atoms in total. The Morgan fingerprint density at radius 3 is 2.59 bits per heavy atom. The number of ether oxygens (including phenoxy) is 1. The van der Waals surface area contributed by atoms with Crippen molar-refractivity contribution in [2.45, 2.75) is 13.5 Å². The van der Waals surface area contributed by atoms with Crippen LogP contribution in [0.2, 0.25) is 10.0 Å². The molecule has 0 spiro atoms. The van der Waals surface area contributed by atoms with Crippen molar-refractivity contribution in [3.05, 3.63) is 63.8 Å². The first kappa shape index (κ1) is 19.1. The normalized spacial score (nSPS) is 10.9. The first-order valence-corrected chi connectivity index (χ1v) is 8.39. The maximum absolute atomic E-state index is 12.7. The molecule has 27 heavy (non-hydrogen) atoms. The summed E-state index contributed by atoms with van der Waals surface area (Å²) in [4.78, 5) is 12.7. The minimum atomic E-state index is -3.00. The summed E-state index contributed by atoms with van der Waals surface area (Å²) in [6, 6.07) is 10.8. The van der Waals surface area contributed by atoms with Crippen molar-refractivity contribution in [3.63, 3.8) is 0 Å². The highest BCUT2D eigenvalue weighted by molar-refractivity contribution is 6.33. The van der Waals surface area contributed by atoms with E-state index in [1.165, 1.54) is 18.2 Å². The van der Waals surface area contributed by atoms with Crippen molar-refractivity contribution in [3.8, 4) is 17.0 Å². The molecule has 0 atom stereocenters. The topological polar surface area (TPSA) is 64.4 Å².